The number of hydrogen-bond acceptors (Lipinski definition) is 6. The smallest absolute Gasteiger partial charge is 0.248 e. The zero-order valence-corrected chi connectivity index (χ0v) is 11.7. The van der Waals surface area contributed by atoms with Crippen LogP contribution in [0.3, 0.4) is 0 Å². The number of aromatic nitrogens is 5. The summed E-state index contributed by atoms with van der Waals surface area (Å²) in [6.07, 6.45) is 7.86. The van der Waals surface area contributed by atoms with Crippen LogP contribution >= 0.6 is 0 Å². The maximum Gasteiger partial charge on any atom is 0.248 e. The number of pyridine rings is 1. The minimum Gasteiger partial charge on any atom is -0.264 e. The van der Waals surface area contributed by atoms with Crippen LogP contribution in [0.1, 0.15) is 12.5 Å². The average Bonchev–Trinajstić information content (AvgIpc) is 2.87. The number of hydrogen-bond donors (Lipinski definition) is 0. The van der Waals surface area contributed by atoms with Gasteiger partial charge in [-0.2, -0.15) is 4.98 Å². The van der Waals surface area contributed by atoms with Crippen LogP contribution in [-0.2, 0) is 9.84 Å². The molecule has 0 fully saturated rings. The molecule has 20 heavy (non-hydrogen) atoms. The van der Waals surface area contributed by atoms with E-state index in [-0.39, 0.29) is 5.16 Å². The summed E-state index contributed by atoms with van der Waals surface area (Å²) in [4.78, 5) is 8.00. The van der Waals surface area contributed by atoms with Gasteiger partial charge in [-0.1, -0.05) is 12.2 Å². The summed E-state index contributed by atoms with van der Waals surface area (Å²) in [5.41, 5.74) is 1.95. The Hall–Kier alpha value is -2.35. The molecule has 8 heteroatoms. The standard InChI is InChI=1S/C12H11N5O2S/c1-3-4-8-5-9-6-13-12(20(2,18)19)15-10(9)17-7-14-16-11(8)17/h3-7H,1-2H3/b4-3-. The van der Waals surface area contributed by atoms with Crippen molar-refractivity contribution in [1.82, 2.24) is 24.6 Å². The highest BCUT2D eigenvalue weighted by Crippen LogP contribution is 2.20. The molecule has 3 rings (SSSR count). The maximum atomic E-state index is 11.5. The molecule has 0 aliphatic heterocycles. The maximum absolute atomic E-state index is 11.5. The van der Waals surface area contributed by atoms with Gasteiger partial charge in [0, 0.05) is 23.4 Å². The minimum atomic E-state index is -3.46. The van der Waals surface area contributed by atoms with Crippen LogP contribution in [-0.4, -0.2) is 39.2 Å². The Kier molecular flexibility index (Phi) is 2.75. The Labute approximate surface area is 114 Å². The van der Waals surface area contributed by atoms with Gasteiger partial charge in [-0.15, -0.1) is 10.2 Å². The highest BCUT2D eigenvalue weighted by Gasteiger charge is 2.14. The fraction of sp³-hybridized carbons (Fsp3) is 0.167. The summed E-state index contributed by atoms with van der Waals surface area (Å²) < 4.78 is 24.7. The number of sulfone groups is 1. The molecule has 3 aromatic rings. The van der Waals surface area contributed by atoms with Crippen molar-refractivity contribution in [1.29, 1.82) is 0 Å². The molecule has 0 radical (unpaired) electrons. The molecule has 0 aliphatic carbocycles. The lowest BCUT2D eigenvalue weighted by molar-refractivity contribution is 0.593. The Morgan fingerprint density at radius 2 is 2.10 bits per heavy atom. The lowest BCUT2D eigenvalue weighted by Gasteiger charge is -2.04. The van der Waals surface area contributed by atoms with Gasteiger partial charge in [0.05, 0.1) is 0 Å². The molecular weight excluding hydrogens is 278 g/mol. The van der Waals surface area contributed by atoms with Gasteiger partial charge in [-0.3, -0.25) is 4.40 Å². The molecule has 0 saturated heterocycles. The molecule has 0 spiro atoms. The predicted molar refractivity (Wildman–Crippen MR) is 73.9 cm³/mol. The second-order valence-corrected chi connectivity index (χ2v) is 6.24. The molecule has 0 aromatic carbocycles. The van der Waals surface area contributed by atoms with E-state index in [0.29, 0.717) is 11.3 Å². The van der Waals surface area contributed by atoms with Crippen LogP contribution in [0.15, 0.2) is 29.8 Å². The van der Waals surface area contributed by atoms with Crippen LogP contribution in [0.4, 0.5) is 0 Å². The monoisotopic (exact) mass is 289 g/mol. The van der Waals surface area contributed by atoms with Gasteiger partial charge in [-0.05, 0) is 13.0 Å². The second kappa shape index (κ2) is 4.34. The van der Waals surface area contributed by atoms with Gasteiger partial charge in [0.2, 0.25) is 15.0 Å². The Balaban J connectivity index is 2.45. The van der Waals surface area contributed by atoms with Crippen molar-refractivity contribution in [2.75, 3.05) is 6.26 Å². The van der Waals surface area contributed by atoms with Crippen LogP contribution in [0.5, 0.6) is 0 Å². The largest absolute Gasteiger partial charge is 0.264 e. The molecule has 0 unspecified atom stereocenters. The third-order valence-electron chi connectivity index (χ3n) is 2.80. The van der Waals surface area contributed by atoms with Gasteiger partial charge in [0.15, 0.2) is 11.3 Å². The van der Waals surface area contributed by atoms with Crippen molar-refractivity contribution in [2.45, 2.75) is 12.1 Å². The van der Waals surface area contributed by atoms with Crippen molar-refractivity contribution in [3.63, 3.8) is 0 Å². The molecule has 0 N–H and O–H groups in total. The lowest BCUT2D eigenvalue weighted by atomic mass is 10.2. The molecule has 3 heterocycles. The molecule has 3 aromatic heterocycles. The molecule has 0 aliphatic rings. The van der Waals surface area contributed by atoms with E-state index >= 15 is 0 Å². The summed E-state index contributed by atoms with van der Waals surface area (Å²) in [6, 6.07) is 1.85. The molecule has 7 nitrogen and oxygen atoms in total. The Morgan fingerprint density at radius 3 is 2.80 bits per heavy atom. The zero-order chi connectivity index (χ0) is 14.3. The van der Waals surface area contributed by atoms with E-state index in [0.717, 1.165) is 17.2 Å². The van der Waals surface area contributed by atoms with E-state index in [9.17, 15) is 8.42 Å². The van der Waals surface area contributed by atoms with Gasteiger partial charge in [0.25, 0.3) is 0 Å². The van der Waals surface area contributed by atoms with Crippen LogP contribution < -0.4 is 0 Å². The van der Waals surface area contributed by atoms with Gasteiger partial charge < -0.3 is 0 Å². The van der Waals surface area contributed by atoms with E-state index < -0.39 is 9.84 Å². The Morgan fingerprint density at radius 1 is 1.30 bits per heavy atom. The molecule has 0 saturated carbocycles. The van der Waals surface area contributed by atoms with E-state index in [2.05, 4.69) is 20.2 Å². The third-order valence-corrected chi connectivity index (χ3v) is 3.66. The SMILES string of the molecule is C/C=C\c1cc2cnc(S(C)(=O)=O)nc2n2cnnc12. The first kappa shape index (κ1) is 12.7. The lowest BCUT2D eigenvalue weighted by Crippen LogP contribution is -2.05. The summed E-state index contributed by atoms with van der Waals surface area (Å²) in [7, 11) is -3.46. The summed E-state index contributed by atoms with van der Waals surface area (Å²) in [6.45, 7) is 1.90. The second-order valence-electron chi connectivity index (χ2n) is 4.33. The molecule has 0 amide bonds. The fourth-order valence-corrected chi connectivity index (χ4v) is 2.46. The van der Waals surface area contributed by atoms with Crippen LogP contribution in [0.25, 0.3) is 22.8 Å². The minimum absolute atomic E-state index is 0.209. The van der Waals surface area contributed by atoms with Crippen LogP contribution in [0, 0.1) is 0 Å². The van der Waals surface area contributed by atoms with Gasteiger partial charge in [0.1, 0.15) is 6.33 Å². The van der Waals surface area contributed by atoms with E-state index in [4.69, 9.17) is 0 Å². The summed E-state index contributed by atoms with van der Waals surface area (Å²) >= 11 is 0. The average molecular weight is 289 g/mol. The number of allylic oxidation sites excluding steroid dienone is 1. The predicted octanol–water partition coefficient (Wildman–Crippen LogP) is 1.11. The van der Waals surface area contributed by atoms with Crippen molar-refractivity contribution in [2.24, 2.45) is 0 Å². The first-order valence-electron chi connectivity index (χ1n) is 5.83. The van der Waals surface area contributed by atoms with Gasteiger partial charge >= 0.3 is 0 Å². The van der Waals surface area contributed by atoms with E-state index in [1.807, 2.05) is 25.1 Å². The van der Waals surface area contributed by atoms with Crippen molar-refractivity contribution < 1.29 is 8.42 Å². The van der Waals surface area contributed by atoms with Crippen molar-refractivity contribution >= 4 is 32.6 Å². The summed E-state index contributed by atoms with van der Waals surface area (Å²) in [5, 5.41) is 8.40. The first-order chi connectivity index (χ1) is 9.50. The normalized spacial score (nSPS) is 12.7. The number of fused-ring (bicyclic) bond motifs is 3. The Bertz CT molecular complexity index is 943. The number of nitrogens with zero attached hydrogens (tertiary/aromatic N) is 5. The van der Waals surface area contributed by atoms with E-state index in [1.165, 1.54) is 12.5 Å². The zero-order valence-electron chi connectivity index (χ0n) is 10.8. The van der Waals surface area contributed by atoms with Crippen LogP contribution in [0.2, 0.25) is 0 Å². The quantitative estimate of drug-likeness (QED) is 0.656. The fourth-order valence-electron chi connectivity index (χ4n) is 1.96. The van der Waals surface area contributed by atoms with Crippen molar-refractivity contribution in [3.8, 4) is 0 Å². The van der Waals surface area contributed by atoms with Crippen molar-refractivity contribution in [3.05, 3.63) is 30.2 Å². The van der Waals surface area contributed by atoms with E-state index in [1.54, 1.807) is 4.40 Å². The highest BCUT2D eigenvalue weighted by molar-refractivity contribution is 7.90. The third kappa shape index (κ3) is 1.94. The molecule has 0 bridgehead atoms. The molecule has 0 atom stereocenters. The first-order valence-corrected chi connectivity index (χ1v) is 7.72. The molecular formula is C12H11N5O2S. The van der Waals surface area contributed by atoms with Gasteiger partial charge in [-0.25, -0.2) is 13.4 Å². The topological polar surface area (TPSA) is 90.1 Å². The highest BCUT2D eigenvalue weighted by atomic mass is 32.2. The molecule has 102 valence electrons. The number of rotatable bonds is 2. The summed E-state index contributed by atoms with van der Waals surface area (Å²) in [5.74, 6) is 0.